The van der Waals surface area contributed by atoms with Crippen molar-refractivity contribution in [2.24, 2.45) is 0 Å². The van der Waals surface area contributed by atoms with Crippen molar-refractivity contribution >= 4 is 11.6 Å². The van der Waals surface area contributed by atoms with E-state index in [1.807, 2.05) is 18.4 Å². The quantitative estimate of drug-likeness (QED) is 0.509. The van der Waals surface area contributed by atoms with Crippen LogP contribution in [0.3, 0.4) is 0 Å². The van der Waals surface area contributed by atoms with Crippen molar-refractivity contribution in [1.82, 2.24) is 19.5 Å². The standard InChI is InChI=1S/C22H17F2N5O2/c1-13-14(2)29(12-27-13)19-10-20(26-11-25-19)31-16-8-6-15(7-9-16)28-22(30)21-17(23)4-3-5-18(21)24/h3-12H,1-2H3,(H,28,30). The molecule has 0 saturated carbocycles. The summed E-state index contributed by atoms with van der Waals surface area (Å²) in [5.41, 5.74) is 1.57. The van der Waals surface area contributed by atoms with Gasteiger partial charge in [-0.2, -0.15) is 0 Å². The van der Waals surface area contributed by atoms with Crippen LogP contribution in [0.25, 0.3) is 5.82 Å². The summed E-state index contributed by atoms with van der Waals surface area (Å²) >= 11 is 0. The molecule has 0 aliphatic heterocycles. The van der Waals surface area contributed by atoms with Crippen molar-refractivity contribution in [2.75, 3.05) is 5.32 Å². The van der Waals surface area contributed by atoms with Crippen molar-refractivity contribution in [3.05, 3.63) is 89.8 Å². The zero-order chi connectivity index (χ0) is 22.0. The number of amides is 1. The van der Waals surface area contributed by atoms with Gasteiger partial charge < -0.3 is 10.1 Å². The number of halogens is 2. The third-order valence-electron chi connectivity index (χ3n) is 4.65. The summed E-state index contributed by atoms with van der Waals surface area (Å²) in [7, 11) is 0. The highest BCUT2D eigenvalue weighted by Crippen LogP contribution is 2.24. The van der Waals surface area contributed by atoms with Crippen LogP contribution in [-0.4, -0.2) is 25.4 Å². The van der Waals surface area contributed by atoms with Gasteiger partial charge in [0.05, 0.1) is 5.69 Å². The Morgan fingerprint density at radius 3 is 2.35 bits per heavy atom. The molecule has 0 unspecified atom stereocenters. The van der Waals surface area contributed by atoms with Crippen molar-refractivity contribution in [2.45, 2.75) is 13.8 Å². The second-order valence-corrected chi connectivity index (χ2v) is 6.68. The summed E-state index contributed by atoms with van der Waals surface area (Å²) in [5, 5.41) is 2.46. The maximum atomic E-state index is 13.8. The molecule has 0 bridgehead atoms. The van der Waals surface area contributed by atoms with Crippen LogP contribution in [0.15, 0.2) is 61.2 Å². The lowest BCUT2D eigenvalue weighted by molar-refractivity contribution is 0.101. The third-order valence-corrected chi connectivity index (χ3v) is 4.65. The SMILES string of the molecule is Cc1ncn(-c2cc(Oc3ccc(NC(=O)c4c(F)cccc4F)cc3)ncn2)c1C. The largest absolute Gasteiger partial charge is 0.439 e. The molecule has 31 heavy (non-hydrogen) atoms. The Morgan fingerprint density at radius 2 is 1.71 bits per heavy atom. The molecule has 0 aliphatic carbocycles. The molecule has 1 amide bonds. The van der Waals surface area contributed by atoms with E-state index in [2.05, 4.69) is 20.3 Å². The van der Waals surface area contributed by atoms with E-state index in [-0.39, 0.29) is 0 Å². The Hall–Kier alpha value is -4.14. The zero-order valence-electron chi connectivity index (χ0n) is 16.6. The third kappa shape index (κ3) is 4.25. The van der Waals surface area contributed by atoms with Gasteiger partial charge in [0.2, 0.25) is 5.88 Å². The van der Waals surface area contributed by atoms with Crippen LogP contribution in [0.5, 0.6) is 11.6 Å². The molecule has 0 fully saturated rings. The van der Waals surface area contributed by atoms with Crippen LogP contribution in [0.2, 0.25) is 0 Å². The van der Waals surface area contributed by atoms with Crippen LogP contribution in [0.1, 0.15) is 21.7 Å². The number of benzene rings is 2. The van der Waals surface area contributed by atoms with Gasteiger partial charge in [-0.1, -0.05) is 6.07 Å². The number of nitrogens with one attached hydrogen (secondary N) is 1. The number of nitrogens with zero attached hydrogens (tertiary/aromatic N) is 4. The number of aromatic nitrogens is 4. The molecule has 0 spiro atoms. The summed E-state index contributed by atoms with van der Waals surface area (Å²) in [4.78, 5) is 24.8. The number of anilines is 1. The van der Waals surface area contributed by atoms with E-state index in [0.29, 0.717) is 23.1 Å². The summed E-state index contributed by atoms with van der Waals surface area (Å²) in [6.07, 6.45) is 3.06. The van der Waals surface area contributed by atoms with E-state index in [9.17, 15) is 13.6 Å². The molecule has 1 N–H and O–H groups in total. The molecule has 156 valence electrons. The van der Waals surface area contributed by atoms with Crippen LogP contribution < -0.4 is 10.1 Å². The van der Waals surface area contributed by atoms with Crippen LogP contribution in [0, 0.1) is 25.5 Å². The summed E-state index contributed by atoms with van der Waals surface area (Å²) in [6.45, 7) is 3.84. The Labute approximate surface area is 176 Å². The average Bonchev–Trinajstić information content (AvgIpc) is 3.08. The van der Waals surface area contributed by atoms with Gasteiger partial charge in [-0.05, 0) is 50.2 Å². The van der Waals surface area contributed by atoms with Gasteiger partial charge in [-0.15, -0.1) is 0 Å². The van der Waals surface area contributed by atoms with Crippen molar-refractivity contribution < 1.29 is 18.3 Å². The molecule has 2 aromatic carbocycles. The van der Waals surface area contributed by atoms with Crippen LogP contribution in [0.4, 0.5) is 14.5 Å². The number of hydrogen-bond acceptors (Lipinski definition) is 5. The molecule has 4 rings (SSSR count). The molecule has 9 heteroatoms. The second-order valence-electron chi connectivity index (χ2n) is 6.68. The molecule has 0 aliphatic rings. The van der Waals surface area contributed by atoms with E-state index in [4.69, 9.17) is 4.74 Å². The van der Waals surface area contributed by atoms with Gasteiger partial charge in [-0.3, -0.25) is 9.36 Å². The van der Waals surface area contributed by atoms with Gasteiger partial charge in [0.1, 0.15) is 41.4 Å². The Morgan fingerprint density at radius 1 is 1.00 bits per heavy atom. The van der Waals surface area contributed by atoms with E-state index in [1.165, 1.54) is 12.4 Å². The molecule has 4 aromatic rings. The average molecular weight is 421 g/mol. The fourth-order valence-corrected chi connectivity index (χ4v) is 2.88. The molecule has 0 radical (unpaired) electrons. The zero-order valence-corrected chi connectivity index (χ0v) is 16.6. The molecule has 0 atom stereocenters. The monoisotopic (exact) mass is 421 g/mol. The molecular formula is C22H17F2N5O2. The van der Waals surface area contributed by atoms with E-state index in [1.54, 1.807) is 36.7 Å². The summed E-state index contributed by atoms with van der Waals surface area (Å²) < 4.78 is 35.1. The first-order valence-electron chi connectivity index (χ1n) is 9.28. The molecule has 7 nitrogen and oxygen atoms in total. The fraction of sp³-hybridized carbons (Fsp3) is 0.0909. The number of carbonyl (C=O) groups excluding carboxylic acids is 1. The lowest BCUT2D eigenvalue weighted by Gasteiger charge is -2.10. The van der Waals surface area contributed by atoms with Crippen molar-refractivity contribution in [1.29, 1.82) is 0 Å². The fourth-order valence-electron chi connectivity index (χ4n) is 2.88. The summed E-state index contributed by atoms with van der Waals surface area (Å²) in [6, 6.07) is 11.2. The van der Waals surface area contributed by atoms with Crippen molar-refractivity contribution in [3.8, 4) is 17.4 Å². The number of ether oxygens (including phenoxy) is 1. The second kappa shape index (κ2) is 8.31. The highest BCUT2D eigenvalue weighted by atomic mass is 19.1. The minimum absolute atomic E-state index is 0.320. The van der Waals surface area contributed by atoms with Gasteiger partial charge >= 0.3 is 0 Å². The normalized spacial score (nSPS) is 10.7. The first-order chi connectivity index (χ1) is 14.9. The van der Waals surface area contributed by atoms with Gasteiger partial charge in [0.25, 0.3) is 5.91 Å². The Bertz CT molecular complexity index is 1240. The van der Waals surface area contributed by atoms with Crippen LogP contribution in [-0.2, 0) is 0 Å². The predicted molar refractivity (Wildman–Crippen MR) is 109 cm³/mol. The first kappa shape index (κ1) is 20.1. The molecule has 2 aromatic heterocycles. The molecule has 2 heterocycles. The van der Waals surface area contributed by atoms with Gasteiger partial charge in [0, 0.05) is 17.4 Å². The predicted octanol–water partition coefficient (Wildman–Crippen LogP) is 4.60. The van der Waals surface area contributed by atoms with Gasteiger partial charge in [0.15, 0.2) is 0 Å². The maximum Gasteiger partial charge on any atom is 0.261 e. The first-order valence-corrected chi connectivity index (χ1v) is 9.28. The summed E-state index contributed by atoms with van der Waals surface area (Å²) in [5.74, 6) is -1.35. The number of imidazole rings is 1. The van der Waals surface area contributed by atoms with E-state index in [0.717, 1.165) is 23.5 Å². The smallest absolute Gasteiger partial charge is 0.261 e. The number of hydrogen-bond donors (Lipinski definition) is 1. The highest BCUT2D eigenvalue weighted by Gasteiger charge is 2.17. The number of rotatable bonds is 5. The molecule has 0 saturated heterocycles. The Balaban J connectivity index is 1.47. The number of aryl methyl sites for hydroxylation is 1. The van der Waals surface area contributed by atoms with Crippen molar-refractivity contribution in [3.63, 3.8) is 0 Å². The van der Waals surface area contributed by atoms with Crippen LogP contribution >= 0.6 is 0 Å². The minimum Gasteiger partial charge on any atom is -0.439 e. The van der Waals surface area contributed by atoms with E-state index < -0.39 is 23.1 Å². The Kier molecular flexibility index (Phi) is 5.40. The topological polar surface area (TPSA) is 81.9 Å². The van der Waals surface area contributed by atoms with E-state index >= 15 is 0 Å². The van der Waals surface area contributed by atoms with Gasteiger partial charge in [-0.25, -0.2) is 23.7 Å². The highest BCUT2D eigenvalue weighted by molar-refractivity contribution is 6.04. The lowest BCUT2D eigenvalue weighted by atomic mass is 10.2. The minimum atomic E-state index is -0.930. The maximum absolute atomic E-state index is 13.8. The lowest BCUT2D eigenvalue weighted by Crippen LogP contribution is -2.15. The number of carbonyl (C=O) groups is 1. The molecular weight excluding hydrogens is 404 g/mol.